The molecule has 1 aromatic heterocycles. The van der Waals surface area contributed by atoms with E-state index in [2.05, 4.69) is 17.9 Å². The second-order valence-electron chi connectivity index (χ2n) is 14.8. The molecule has 2 fully saturated rings. The topological polar surface area (TPSA) is 70.0 Å². The lowest BCUT2D eigenvalue weighted by Crippen LogP contribution is -2.55. The molecule has 3 heterocycles. The zero-order chi connectivity index (χ0) is 32.0. The number of rotatable bonds is 6. The molecule has 2 saturated heterocycles. The van der Waals surface area contributed by atoms with Crippen LogP contribution in [0.1, 0.15) is 86.5 Å². The first-order valence-corrected chi connectivity index (χ1v) is 15.7. The molecule has 0 saturated carbocycles. The number of carbonyl (C=O) groups is 2. The Morgan fingerprint density at radius 3 is 2.23 bits per heavy atom. The number of likely N-dealkylation sites (tertiary alicyclic amines) is 1. The van der Waals surface area contributed by atoms with Crippen LogP contribution in [0.2, 0.25) is 0 Å². The maximum atomic E-state index is 15.1. The monoisotopic (exact) mass is 606 g/mol. The summed E-state index contributed by atoms with van der Waals surface area (Å²) in [6.07, 6.45) is 3.14. The first kappa shape index (κ1) is 32.2. The molecule has 0 radical (unpaired) electrons. The third-order valence-electron chi connectivity index (χ3n) is 8.59. The Morgan fingerprint density at radius 2 is 1.64 bits per heavy atom. The van der Waals surface area contributed by atoms with E-state index in [1.54, 1.807) is 4.57 Å². The predicted octanol–water partition coefficient (Wildman–Crippen LogP) is 7.38. The molecule has 0 bridgehead atoms. The number of benzene rings is 2. The number of ether oxygens (including phenoxy) is 3. The molecular weight excluding hydrogens is 559 g/mol. The molecule has 238 valence electrons. The van der Waals surface area contributed by atoms with Crippen molar-refractivity contribution in [2.75, 3.05) is 32.8 Å². The number of fused-ring (bicyclic) bond motifs is 1. The Kier molecular flexibility index (Phi) is 8.73. The second-order valence-corrected chi connectivity index (χ2v) is 14.8. The second kappa shape index (κ2) is 11.9. The van der Waals surface area contributed by atoms with Crippen molar-refractivity contribution in [3.05, 3.63) is 70.4 Å². The van der Waals surface area contributed by atoms with Crippen LogP contribution in [0, 0.1) is 19.8 Å². The van der Waals surface area contributed by atoms with E-state index in [1.165, 1.54) is 11.1 Å². The fourth-order valence-corrected chi connectivity index (χ4v) is 6.62. The molecule has 7 nitrogen and oxygen atoms in total. The smallest absolute Gasteiger partial charge is 0.418 e. The number of halogens is 1. The number of esters is 1. The number of aryl methyl sites for hydroxylation is 2. The standard InChI is InChI=1S/C36H47FN2O5/c1-23-17-24(2)31-28(14-16-39(31)33(41)44-35(6,7)8)29(23)18-27-13-15-38(20-36(37)21-42-22-36)19-30(27)25-9-11-26(12-10-25)32(40)43-34(3,4)5/h9-12,14,16-17,27,30H,13,15,18-22H2,1-8H3/t27-,30-/m0/s1. The van der Waals surface area contributed by atoms with Gasteiger partial charge >= 0.3 is 12.1 Å². The summed E-state index contributed by atoms with van der Waals surface area (Å²) in [5.41, 5.74) is 3.49. The quantitative estimate of drug-likeness (QED) is 0.273. The SMILES string of the molecule is Cc1cc(C)c2c(ccn2C(=O)OC(C)(C)C)c1C[C@@H]1CCN(CC2(F)COC2)C[C@H]1c1ccc(C(=O)OC(C)(C)C)cc1. The zero-order valence-corrected chi connectivity index (χ0v) is 27.5. The van der Waals surface area contributed by atoms with Gasteiger partial charge in [-0.05, 0) is 127 Å². The summed E-state index contributed by atoms with van der Waals surface area (Å²) in [6.45, 7) is 17.5. The number of hydrogen-bond donors (Lipinski definition) is 0. The molecule has 2 aromatic carbocycles. The molecule has 0 unspecified atom stereocenters. The van der Waals surface area contributed by atoms with Crippen LogP contribution in [0.4, 0.5) is 9.18 Å². The summed E-state index contributed by atoms with van der Waals surface area (Å²) in [7, 11) is 0. The largest absolute Gasteiger partial charge is 0.456 e. The number of hydrogen-bond acceptors (Lipinski definition) is 6. The zero-order valence-electron chi connectivity index (χ0n) is 27.5. The van der Waals surface area contributed by atoms with E-state index < -0.39 is 16.9 Å². The highest BCUT2D eigenvalue weighted by Gasteiger charge is 2.42. The third kappa shape index (κ3) is 7.18. The van der Waals surface area contributed by atoms with E-state index in [0.717, 1.165) is 48.0 Å². The fraction of sp³-hybridized carbons (Fsp3) is 0.556. The van der Waals surface area contributed by atoms with Crippen molar-refractivity contribution < 1.29 is 28.2 Å². The predicted molar refractivity (Wildman–Crippen MR) is 170 cm³/mol. The maximum Gasteiger partial charge on any atom is 0.418 e. The van der Waals surface area contributed by atoms with Crippen molar-refractivity contribution in [2.24, 2.45) is 5.92 Å². The van der Waals surface area contributed by atoms with Crippen LogP contribution in [-0.2, 0) is 20.6 Å². The average Bonchev–Trinajstić information content (AvgIpc) is 3.35. The van der Waals surface area contributed by atoms with Gasteiger partial charge in [0.2, 0.25) is 0 Å². The molecule has 5 rings (SSSR count). The molecule has 0 aliphatic carbocycles. The molecule has 0 spiro atoms. The van der Waals surface area contributed by atoms with Gasteiger partial charge in [-0.2, -0.15) is 0 Å². The van der Waals surface area contributed by atoms with Gasteiger partial charge in [-0.15, -0.1) is 0 Å². The maximum absolute atomic E-state index is 15.1. The van der Waals surface area contributed by atoms with Crippen LogP contribution >= 0.6 is 0 Å². The highest BCUT2D eigenvalue weighted by Crippen LogP contribution is 2.39. The van der Waals surface area contributed by atoms with Crippen molar-refractivity contribution in [2.45, 2.75) is 91.0 Å². The normalized spacial score (nSPS) is 20.8. The van der Waals surface area contributed by atoms with E-state index >= 15 is 4.39 Å². The lowest BCUT2D eigenvalue weighted by Gasteiger charge is -2.44. The molecule has 3 aromatic rings. The third-order valence-corrected chi connectivity index (χ3v) is 8.59. The molecule has 8 heteroatoms. The fourth-order valence-electron chi connectivity index (χ4n) is 6.62. The number of carbonyl (C=O) groups excluding carboxylic acids is 2. The lowest BCUT2D eigenvalue weighted by atomic mass is 9.76. The minimum Gasteiger partial charge on any atom is -0.456 e. The number of nitrogens with zero attached hydrogens (tertiary/aromatic N) is 2. The Labute approximate surface area is 260 Å². The van der Waals surface area contributed by atoms with E-state index in [4.69, 9.17) is 14.2 Å². The van der Waals surface area contributed by atoms with E-state index in [1.807, 2.05) is 85.0 Å². The first-order chi connectivity index (χ1) is 20.5. The summed E-state index contributed by atoms with van der Waals surface area (Å²) in [4.78, 5) is 28.0. The van der Waals surface area contributed by atoms with Crippen LogP contribution < -0.4 is 0 Å². The molecule has 44 heavy (non-hydrogen) atoms. The minimum absolute atomic E-state index is 0.129. The first-order valence-electron chi connectivity index (χ1n) is 15.7. The highest BCUT2D eigenvalue weighted by atomic mass is 19.1. The van der Waals surface area contributed by atoms with Crippen molar-refractivity contribution in [1.29, 1.82) is 0 Å². The Bertz CT molecular complexity index is 1530. The van der Waals surface area contributed by atoms with Gasteiger partial charge in [0.25, 0.3) is 0 Å². The van der Waals surface area contributed by atoms with Crippen LogP contribution in [0.3, 0.4) is 0 Å². The molecule has 2 aliphatic heterocycles. The van der Waals surface area contributed by atoms with Gasteiger partial charge in [-0.1, -0.05) is 18.2 Å². The van der Waals surface area contributed by atoms with E-state index in [0.29, 0.717) is 12.1 Å². The molecule has 2 atom stereocenters. The molecule has 0 N–H and O–H groups in total. The summed E-state index contributed by atoms with van der Waals surface area (Å²) in [5, 5.41) is 1.06. The Morgan fingerprint density at radius 1 is 0.977 bits per heavy atom. The minimum atomic E-state index is -1.29. The van der Waals surface area contributed by atoms with Gasteiger partial charge in [-0.3, -0.25) is 9.47 Å². The van der Waals surface area contributed by atoms with Crippen LogP contribution in [0.15, 0.2) is 42.6 Å². The van der Waals surface area contributed by atoms with Crippen LogP contribution in [0.25, 0.3) is 10.9 Å². The average molecular weight is 607 g/mol. The summed E-state index contributed by atoms with van der Waals surface area (Å²) >= 11 is 0. The van der Waals surface area contributed by atoms with Gasteiger partial charge in [-0.25, -0.2) is 14.0 Å². The van der Waals surface area contributed by atoms with Crippen LogP contribution in [-0.4, -0.2) is 71.2 Å². The van der Waals surface area contributed by atoms with Gasteiger partial charge in [0.05, 0.1) is 24.3 Å². The van der Waals surface area contributed by atoms with Gasteiger partial charge in [0, 0.05) is 24.7 Å². The van der Waals surface area contributed by atoms with E-state index in [-0.39, 0.29) is 37.1 Å². The highest BCUT2D eigenvalue weighted by molar-refractivity contribution is 5.94. The summed E-state index contributed by atoms with van der Waals surface area (Å²) < 4.78 is 33.2. The van der Waals surface area contributed by atoms with Gasteiger partial charge in [0.15, 0.2) is 5.67 Å². The molecular formula is C36H47FN2O5. The van der Waals surface area contributed by atoms with Gasteiger partial charge in [0.1, 0.15) is 11.2 Å². The lowest BCUT2D eigenvalue weighted by molar-refractivity contribution is -0.143. The van der Waals surface area contributed by atoms with Crippen molar-refractivity contribution >= 4 is 23.0 Å². The molecule has 0 amide bonds. The van der Waals surface area contributed by atoms with Crippen molar-refractivity contribution in [3.8, 4) is 0 Å². The Balaban J connectivity index is 1.46. The number of alkyl halides is 1. The van der Waals surface area contributed by atoms with Crippen molar-refractivity contribution in [3.63, 3.8) is 0 Å². The molecule has 2 aliphatic rings. The van der Waals surface area contributed by atoms with Crippen LogP contribution in [0.5, 0.6) is 0 Å². The van der Waals surface area contributed by atoms with Crippen molar-refractivity contribution in [1.82, 2.24) is 9.47 Å². The van der Waals surface area contributed by atoms with E-state index in [9.17, 15) is 9.59 Å². The summed E-state index contributed by atoms with van der Waals surface area (Å²) in [6, 6.07) is 11.9. The Hall–Kier alpha value is -3.23. The number of aromatic nitrogens is 1. The van der Waals surface area contributed by atoms with Gasteiger partial charge < -0.3 is 14.2 Å². The number of piperidine rings is 1. The summed E-state index contributed by atoms with van der Waals surface area (Å²) in [5.74, 6) is 0.0634.